The van der Waals surface area contributed by atoms with Crippen molar-refractivity contribution in [2.45, 2.75) is 6.92 Å². The van der Waals surface area contributed by atoms with E-state index in [1.807, 2.05) is 0 Å². The summed E-state index contributed by atoms with van der Waals surface area (Å²) in [5, 5.41) is 0.0574. The molecule has 0 radical (unpaired) electrons. The standard InChI is InChI=1S/C10H9NO2S/c1-8(13)14-4-2-3-9-5-10(7-12)11-6-9/h5-7,11H,4H2,1H3. The largest absolute Gasteiger partial charge is 0.358 e. The number of nitrogens with one attached hydrogen (secondary N) is 1. The summed E-state index contributed by atoms with van der Waals surface area (Å²) in [7, 11) is 0. The normalized spacial score (nSPS) is 8.93. The zero-order chi connectivity index (χ0) is 10.4. The zero-order valence-corrected chi connectivity index (χ0v) is 8.48. The fourth-order valence-corrected chi connectivity index (χ4v) is 1.18. The van der Waals surface area contributed by atoms with Crippen LogP contribution >= 0.6 is 11.8 Å². The molecule has 0 saturated carbocycles. The Bertz CT molecular complexity index is 398. The Balaban J connectivity index is 2.50. The molecular formula is C10H9NO2S. The SMILES string of the molecule is CC(=O)SCC#Cc1c[nH]c(C=O)c1. The van der Waals surface area contributed by atoms with E-state index in [0.717, 1.165) is 11.8 Å². The highest BCUT2D eigenvalue weighted by Gasteiger charge is 1.93. The van der Waals surface area contributed by atoms with Gasteiger partial charge in [0.1, 0.15) is 0 Å². The van der Waals surface area contributed by atoms with E-state index in [2.05, 4.69) is 16.8 Å². The van der Waals surface area contributed by atoms with Crippen LogP contribution in [0.15, 0.2) is 12.3 Å². The number of aldehydes is 1. The molecule has 14 heavy (non-hydrogen) atoms. The highest BCUT2D eigenvalue weighted by atomic mass is 32.2. The van der Waals surface area contributed by atoms with Gasteiger partial charge in [-0.2, -0.15) is 0 Å². The summed E-state index contributed by atoms with van der Waals surface area (Å²) in [6.07, 6.45) is 2.39. The second-order valence-corrected chi connectivity index (χ2v) is 3.70. The number of carbonyl (C=O) groups is 2. The van der Waals surface area contributed by atoms with Crippen molar-refractivity contribution >= 4 is 23.2 Å². The molecule has 0 atom stereocenters. The fraction of sp³-hybridized carbons (Fsp3) is 0.200. The van der Waals surface area contributed by atoms with Crippen LogP contribution in [0.4, 0.5) is 0 Å². The van der Waals surface area contributed by atoms with Gasteiger partial charge < -0.3 is 4.98 Å². The van der Waals surface area contributed by atoms with Crippen molar-refractivity contribution in [3.8, 4) is 11.8 Å². The topological polar surface area (TPSA) is 49.9 Å². The van der Waals surface area contributed by atoms with Gasteiger partial charge in [0.05, 0.1) is 11.4 Å². The molecule has 0 aliphatic heterocycles. The lowest BCUT2D eigenvalue weighted by molar-refractivity contribution is -0.109. The molecule has 1 aromatic heterocycles. The molecule has 3 nitrogen and oxygen atoms in total. The Kier molecular flexibility index (Phi) is 4.02. The lowest BCUT2D eigenvalue weighted by Crippen LogP contribution is -1.81. The highest BCUT2D eigenvalue weighted by molar-refractivity contribution is 8.13. The van der Waals surface area contributed by atoms with Crippen LogP contribution in [0, 0.1) is 11.8 Å². The molecule has 0 bridgehead atoms. The summed E-state index contributed by atoms with van der Waals surface area (Å²) in [5.41, 5.74) is 1.27. The molecule has 1 heterocycles. The van der Waals surface area contributed by atoms with Crippen LogP contribution in [-0.4, -0.2) is 22.1 Å². The van der Waals surface area contributed by atoms with Crippen LogP contribution in [0.25, 0.3) is 0 Å². The van der Waals surface area contributed by atoms with Gasteiger partial charge in [0.25, 0.3) is 0 Å². The molecule has 0 amide bonds. The summed E-state index contributed by atoms with van der Waals surface area (Å²) in [4.78, 5) is 23.6. The lowest BCUT2D eigenvalue weighted by Gasteiger charge is -1.83. The Morgan fingerprint density at radius 1 is 1.71 bits per heavy atom. The molecule has 1 rings (SSSR count). The number of hydrogen-bond acceptors (Lipinski definition) is 3. The molecule has 4 heteroatoms. The van der Waals surface area contributed by atoms with Crippen LogP contribution < -0.4 is 0 Å². The number of carbonyl (C=O) groups excluding carboxylic acids is 2. The second kappa shape index (κ2) is 5.30. The summed E-state index contributed by atoms with van der Waals surface area (Å²) in [6.45, 7) is 1.51. The number of aromatic amines is 1. The summed E-state index contributed by atoms with van der Waals surface area (Å²) in [6, 6.07) is 1.67. The summed E-state index contributed by atoms with van der Waals surface area (Å²) in [5.74, 6) is 6.15. The maximum absolute atomic E-state index is 10.5. The third kappa shape index (κ3) is 3.50. The lowest BCUT2D eigenvalue weighted by atomic mass is 10.3. The van der Waals surface area contributed by atoms with Gasteiger partial charge in [-0.15, -0.1) is 0 Å². The van der Waals surface area contributed by atoms with Gasteiger partial charge in [-0.25, -0.2) is 0 Å². The number of hydrogen-bond donors (Lipinski definition) is 1. The van der Waals surface area contributed by atoms with Crippen molar-refractivity contribution in [2.24, 2.45) is 0 Å². The predicted octanol–water partition coefficient (Wildman–Crippen LogP) is 1.46. The van der Waals surface area contributed by atoms with E-state index in [4.69, 9.17) is 0 Å². The van der Waals surface area contributed by atoms with Crippen molar-refractivity contribution in [1.82, 2.24) is 4.98 Å². The molecule has 72 valence electrons. The number of rotatable bonds is 2. The fourth-order valence-electron chi connectivity index (χ4n) is 0.828. The number of aromatic nitrogens is 1. The Morgan fingerprint density at radius 2 is 2.50 bits per heavy atom. The molecule has 1 aromatic rings. The minimum atomic E-state index is 0.0574. The quantitative estimate of drug-likeness (QED) is 0.590. The summed E-state index contributed by atoms with van der Waals surface area (Å²) < 4.78 is 0. The van der Waals surface area contributed by atoms with Gasteiger partial charge in [-0.3, -0.25) is 9.59 Å². The Morgan fingerprint density at radius 3 is 3.07 bits per heavy atom. The van der Waals surface area contributed by atoms with Crippen LogP contribution in [-0.2, 0) is 4.79 Å². The van der Waals surface area contributed by atoms with E-state index in [1.165, 1.54) is 18.7 Å². The molecule has 0 aliphatic rings. The van der Waals surface area contributed by atoms with Crippen LogP contribution in [0.3, 0.4) is 0 Å². The minimum absolute atomic E-state index is 0.0574. The van der Waals surface area contributed by atoms with E-state index >= 15 is 0 Å². The van der Waals surface area contributed by atoms with Crippen LogP contribution in [0.1, 0.15) is 23.0 Å². The van der Waals surface area contributed by atoms with Crippen molar-refractivity contribution < 1.29 is 9.59 Å². The number of H-pyrrole nitrogens is 1. The molecular weight excluding hydrogens is 198 g/mol. The van der Waals surface area contributed by atoms with Crippen molar-refractivity contribution in [2.75, 3.05) is 5.75 Å². The van der Waals surface area contributed by atoms with Crippen molar-refractivity contribution in [1.29, 1.82) is 0 Å². The van der Waals surface area contributed by atoms with E-state index in [1.54, 1.807) is 12.3 Å². The number of thioether (sulfide) groups is 1. The van der Waals surface area contributed by atoms with Crippen molar-refractivity contribution in [3.05, 3.63) is 23.5 Å². The maximum Gasteiger partial charge on any atom is 0.186 e. The monoisotopic (exact) mass is 207 g/mol. The van der Waals surface area contributed by atoms with Gasteiger partial charge in [0, 0.05) is 18.7 Å². The first-order chi connectivity index (χ1) is 6.72. The molecule has 0 spiro atoms. The van der Waals surface area contributed by atoms with E-state index in [9.17, 15) is 9.59 Å². The van der Waals surface area contributed by atoms with E-state index in [-0.39, 0.29) is 5.12 Å². The van der Waals surface area contributed by atoms with Crippen molar-refractivity contribution in [3.63, 3.8) is 0 Å². The third-order valence-electron chi connectivity index (χ3n) is 1.41. The van der Waals surface area contributed by atoms with Gasteiger partial charge in [0.2, 0.25) is 0 Å². The maximum atomic E-state index is 10.5. The summed E-state index contributed by atoms with van der Waals surface area (Å²) >= 11 is 1.17. The molecule has 0 fully saturated rings. The first-order valence-electron chi connectivity index (χ1n) is 3.98. The third-order valence-corrected chi connectivity index (χ3v) is 2.11. The predicted molar refractivity (Wildman–Crippen MR) is 56.2 cm³/mol. The zero-order valence-electron chi connectivity index (χ0n) is 7.66. The smallest absolute Gasteiger partial charge is 0.186 e. The Hall–Kier alpha value is -1.47. The molecule has 1 N–H and O–H groups in total. The first kappa shape index (κ1) is 10.6. The minimum Gasteiger partial charge on any atom is -0.358 e. The Labute approximate surface area is 86.3 Å². The van der Waals surface area contributed by atoms with Crippen LogP contribution in [0.2, 0.25) is 0 Å². The van der Waals surface area contributed by atoms with Gasteiger partial charge in [0.15, 0.2) is 11.4 Å². The van der Waals surface area contributed by atoms with Gasteiger partial charge >= 0.3 is 0 Å². The van der Waals surface area contributed by atoms with E-state index in [0.29, 0.717) is 11.4 Å². The molecule has 0 unspecified atom stereocenters. The van der Waals surface area contributed by atoms with Crippen LogP contribution in [0.5, 0.6) is 0 Å². The highest BCUT2D eigenvalue weighted by Crippen LogP contribution is 2.01. The second-order valence-electron chi connectivity index (χ2n) is 2.54. The van der Waals surface area contributed by atoms with E-state index < -0.39 is 0 Å². The average Bonchev–Trinajstić information content (AvgIpc) is 2.60. The molecule has 0 saturated heterocycles. The average molecular weight is 207 g/mol. The first-order valence-corrected chi connectivity index (χ1v) is 4.97. The van der Waals surface area contributed by atoms with Gasteiger partial charge in [-0.05, 0) is 6.07 Å². The molecule has 0 aliphatic carbocycles. The van der Waals surface area contributed by atoms with Gasteiger partial charge in [-0.1, -0.05) is 23.6 Å². The molecule has 0 aromatic carbocycles.